The number of amides is 1. The van der Waals surface area contributed by atoms with Crippen LogP contribution in [-0.4, -0.2) is 50.2 Å². The topological polar surface area (TPSA) is 73.7 Å². The van der Waals surface area contributed by atoms with Crippen LogP contribution in [0.15, 0.2) is 35.4 Å². The predicted molar refractivity (Wildman–Crippen MR) is 110 cm³/mol. The van der Waals surface area contributed by atoms with Gasteiger partial charge in [0.2, 0.25) is 11.0 Å². The quantitative estimate of drug-likeness (QED) is 0.681. The van der Waals surface area contributed by atoms with Gasteiger partial charge in [-0.1, -0.05) is 48.6 Å². The van der Waals surface area contributed by atoms with Crippen molar-refractivity contribution in [1.82, 2.24) is 19.5 Å². The maximum atomic E-state index is 12.3. The molecular formula is C18H22N6OS2. The number of anilines is 1. The van der Waals surface area contributed by atoms with Crippen molar-refractivity contribution < 1.29 is 4.79 Å². The Morgan fingerprint density at radius 3 is 2.85 bits per heavy atom. The predicted octanol–water partition coefficient (Wildman–Crippen LogP) is 3.50. The van der Waals surface area contributed by atoms with E-state index in [0.29, 0.717) is 16.8 Å². The minimum Gasteiger partial charge on any atom is -0.338 e. The van der Waals surface area contributed by atoms with Gasteiger partial charge < -0.3 is 4.90 Å². The van der Waals surface area contributed by atoms with E-state index in [1.165, 1.54) is 42.0 Å². The second-order valence-corrected chi connectivity index (χ2v) is 8.54. The fourth-order valence-electron chi connectivity index (χ4n) is 2.89. The molecular weight excluding hydrogens is 380 g/mol. The van der Waals surface area contributed by atoms with Crippen molar-refractivity contribution in [3.05, 3.63) is 30.3 Å². The smallest absolute Gasteiger partial charge is 0.238 e. The molecule has 0 radical (unpaired) electrons. The van der Waals surface area contributed by atoms with Gasteiger partial charge in [0.15, 0.2) is 0 Å². The zero-order chi connectivity index (χ0) is 18.6. The number of hydrogen-bond donors (Lipinski definition) is 1. The summed E-state index contributed by atoms with van der Waals surface area (Å²) in [6, 6.07) is 9.83. The van der Waals surface area contributed by atoms with Crippen LogP contribution in [0.3, 0.4) is 0 Å². The van der Waals surface area contributed by atoms with E-state index in [9.17, 15) is 4.79 Å². The SMILES string of the molecule is CCCN1CN(SCC(=O)Nc2nnc(-c3ccccc3)s2)N=C1C1CC1. The van der Waals surface area contributed by atoms with E-state index in [1.54, 1.807) is 0 Å². The summed E-state index contributed by atoms with van der Waals surface area (Å²) in [7, 11) is 0. The average Bonchev–Trinajstić information content (AvgIpc) is 3.29. The summed E-state index contributed by atoms with van der Waals surface area (Å²) in [6.45, 7) is 3.96. The monoisotopic (exact) mass is 402 g/mol. The van der Waals surface area contributed by atoms with Gasteiger partial charge in [0.1, 0.15) is 17.5 Å². The van der Waals surface area contributed by atoms with Gasteiger partial charge in [0.05, 0.1) is 5.75 Å². The molecule has 4 rings (SSSR count). The fraction of sp³-hybridized carbons (Fsp3) is 0.444. The highest BCUT2D eigenvalue weighted by Gasteiger charge is 2.36. The van der Waals surface area contributed by atoms with Crippen LogP contribution < -0.4 is 5.32 Å². The maximum absolute atomic E-state index is 12.3. The number of carbonyl (C=O) groups is 1. The highest BCUT2D eigenvalue weighted by molar-refractivity contribution is 7.97. The summed E-state index contributed by atoms with van der Waals surface area (Å²) in [5.41, 5.74) is 1.000. The van der Waals surface area contributed by atoms with Gasteiger partial charge in [-0.05, 0) is 31.2 Å². The number of nitrogens with one attached hydrogen (secondary N) is 1. The van der Waals surface area contributed by atoms with Crippen molar-refractivity contribution in [2.24, 2.45) is 11.0 Å². The van der Waals surface area contributed by atoms with E-state index < -0.39 is 0 Å². The van der Waals surface area contributed by atoms with Gasteiger partial charge in [-0.15, -0.1) is 10.2 Å². The number of aromatic nitrogens is 2. The van der Waals surface area contributed by atoms with Crippen molar-refractivity contribution in [2.75, 3.05) is 24.3 Å². The van der Waals surface area contributed by atoms with Crippen LogP contribution in [0, 0.1) is 5.92 Å². The average molecular weight is 403 g/mol. The Labute approximate surface area is 167 Å². The third-order valence-electron chi connectivity index (χ3n) is 4.30. The summed E-state index contributed by atoms with van der Waals surface area (Å²) >= 11 is 2.82. The Hall–Kier alpha value is -2.13. The molecule has 1 aromatic carbocycles. The standard InChI is InChI=1S/C18H22N6OS2/c1-2-10-23-12-24(22-16(23)13-8-9-13)26-11-15(25)19-18-21-20-17(27-18)14-6-4-3-5-7-14/h3-7,13H,2,8-12H2,1H3,(H,19,21,25). The zero-order valence-corrected chi connectivity index (χ0v) is 16.8. The highest BCUT2D eigenvalue weighted by Crippen LogP contribution is 2.35. The van der Waals surface area contributed by atoms with E-state index in [1.807, 2.05) is 34.7 Å². The number of benzene rings is 1. The van der Waals surface area contributed by atoms with Crippen molar-refractivity contribution in [3.8, 4) is 10.6 Å². The van der Waals surface area contributed by atoms with E-state index >= 15 is 0 Å². The lowest BCUT2D eigenvalue weighted by Gasteiger charge is -2.19. The number of nitrogens with zero attached hydrogens (tertiary/aromatic N) is 5. The molecule has 1 N–H and O–H groups in total. The minimum atomic E-state index is -0.0899. The molecule has 0 unspecified atom stereocenters. The summed E-state index contributed by atoms with van der Waals surface area (Å²) in [5.74, 6) is 2.03. The zero-order valence-electron chi connectivity index (χ0n) is 15.2. The summed E-state index contributed by atoms with van der Waals surface area (Å²) in [6.07, 6.45) is 3.57. The molecule has 1 amide bonds. The van der Waals surface area contributed by atoms with Crippen molar-refractivity contribution in [2.45, 2.75) is 26.2 Å². The van der Waals surface area contributed by atoms with Crippen LogP contribution in [0.25, 0.3) is 10.6 Å². The minimum absolute atomic E-state index is 0.0899. The Balaban J connectivity index is 1.28. The van der Waals surface area contributed by atoms with Gasteiger partial charge in [0, 0.05) is 18.0 Å². The van der Waals surface area contributed by atoms with E-state index in [2.05, 4.69) is 27.3 Å². The van der Waals surface area contributed by atoms with Crippen LogP contribution in [0.5, 0.6) is 0 Å². The van der Waals surface area contributed by atoms with Crippen LogP contribution in [0.2, 0.25) is 0 Å². The molecule has 7 nitrogen and oxygen atoms in total. The third kappa shape index (κ3) is 4.59. The Bertz CT molecular complexity index is 820. The van der Waals surface area contributed by atoms with Gasteiger partial charge >= 0.3 is 0 Å². The van der Waals surface area contributed by atoms with Gasteiger partial charge in [-0.3, -0.25) is 10.1 Å². The molecule has 0 atom stereocenters. The van der Waals surface area contributed by atoms with Crippen molar-refractivity contribution >= 4 is 40.2 Å². The van der Waals surface area contributed by atoms with E-state index in [0.717, 1.165) is 30.2 Å². The molecule has 0 bridgehead atoms. The number of hydrogen-bond acceptors (Lipinski definition) is 8. The first kappa shape index (κ1) is 18.2. The van der Waals surface area contributed by atoms with Crippen LogP contribution in [0.1, 0.15) is 26.2 Å². The van der Waals surface area contributed by atoms with Crippen molar-refractivity contribution in [1.29, 1.82) is 0 Å². The molecule has 1 fully saturated rings. The molecule has 1 saturated carbocycles. The summed E-state index contributed by atoms with van der Waals surface area (Å²) in [5, 5.41) is 17.1. The number of amidine groups is 1. The molecule has 2 heterocycles. The van der Waals surface area contributed by atoms with Crippen LogP contribution in [0.4, 0.5) is 5.13 Å². The molecule has 9 heteroatoms. The molecule has 0 spiro atoms. The molecule has 1 aliphatic heterocycles. The Kier molecular flexibility index (Phi) is 5.58. The first-order valence-electron chi connectivity index (χ1n) is 9.15. The maximum Gasteiger partial charge on any atom is 0.238 e. The van der Waals surface area contributed by atoms with Gasteiger partial charge in [-0.25, -0.2) is 4.41 Å². The van der Waals surface area contributed by atoms with Gasteiger partial charge in [-0.2, -0.15) is 5.10 Å². The molecule has 1 aliphatic carbocycles. The van der Waals surface area contributed by atoms with E-state index in [-0.39, 0.29) is 5.91 Å². The van der Waals surface area contributed by atoms with Gasteiger partial charge in [0.25, 0.3) is 0 Å². The Morgan fingerprint density at radius 1 is 1.30 bits per heavy atom. The highest BCUT2D eigenvalue weighted by atomic mass is 32.2. The van der Waals surface area contributed by atoms with Crippen LogP contribution in [-0.2, 0) is 4.79 Å². The van der Waals surface area contributed by atoms with Crippen LogP contribution >= 0.6 is 23.3 Å². The molecule has 2 aromatic rings. The first-order chi connectivity index (χ1) is 13.2. The molecule has 142 valence electrons. The number of carbonyl (C=O) groups excluding carboxylic acids is 1. The summed E-state index contributed by atoms with van der Waals surface area (Å²) in [4.78, 5) is 14.6. The molecule has 0 saturated heterocycles. The fourth-order valence-corrected chi connectivity index (χ4v) is 4.36. The lowest BCUT2D eigenvalue weighted by molar-refractivity contribution is -0.113. The normalized spacial score (nSPS) is 16.6. The molecule has 2 aliphatic rings. The second-order valence-electron chi connectivity index (χ2n) is 6.59. The number of hydrazone groups is 1. The lowest BCUT2D eigenvalue weighted by Crippen LogP contribution is -2.31. The third-order valence-corrected chi connectivity index (χ3v) is 6.08. The molecule has 1 aromatic heterocycles. The van der Waals surface area contributed by atoms with Crippen molar-refractivity contribution in [3.63, 3.8) is 0 Å². The number of rotatable bonds is 8. The first-order valence-corrected chi connectivity index (χ1v) is 10.9. The lowest BCUT2D eigenvalue weighted by atomic mass is 10.2. The Morgan fingerprint density at radius 2 is 2.11 bits per heavy atom. The summed E-state index contributed by atoms with van der Waals surface area (Å²) < 4.78 is 1.93. The molecule has 27 heavy (non-hydrogen) atoms. The second kappa shape index (κ2) is 8.26. The van der Waals surface area contributed by atoms with E-state index in [4.69, 9.17) is 5.10 Å². The largest absolute Gasteiger partial charge is 0.338 e.